The third-order valence-electron chi connectivity index (χ3n) is 21.7. The van der Waals surface area contributed by atoms with Gasteiger partial charge in [-0.25, -0.2) is 19.8 Å². The van der Waals surface area contributed by atoms with Gasteiger partial charge in [0.15, 0.2) is 17.5 Å². The van der Waals surface area contributed by atoms with Crippen LogP contribution in [0.5, 0.6) is 0 Å². The van der Waals surface area contributed by atoms with E-state index in [1.165, 1.54) is 0 Å². The molecule has 7 aromatic heterocycles. The van der Waals surface area contributed by atoms with E-state index in [9.17, 15) is 12.1 Å². The molecule has 0 aliphatic heterocycles. The molecule has 0 atom stereocenters. The van der Waals surface area contributed by atoms with E-state index in [-0.39, 0.29) is 17.1 Å². The summed E-state index contributed by atoms with van der Waals surface area (Å²) in [4.78, 5) is 20.3. The van der Waals surface area contributed by atoms with Gasteiger partial charge in [-0.05, 0) is 142 Å². The van der Waals surface area contributed by atoms with Gasteiger partial charge in [-0.3, -0.25) is 0 Å². The molecule has 510 valence electrons. The van der Waals surface area contributed by atoms with Gasteiger partial charge in [0.2, 0.25) is 5.69 Å². The van der Waals surface area contributed by atoms with Crippen LogP contribution in [0.25, 0.3) is 230 Å². The number of benzene rings is 16. The molecule has 23 rings (SSSR count). The average molecular weight is 1430 g/mol. The number of para-hydroxylation sites is 1. The van der Waals surface area contributed by atoms with Crippen LogP contribution < -0.4 is 0 Å². The van der Waals surface area contributed by atoms with E-state index in [0.29, 0.717) is 66.8 Å². The Balaban J connectivity index is 0.963. The molecule has 9 nitrogen and oxygen atoms in total. The first-order valence-corrected chi connectivity index (χ1v) is 36.9. The van der Waals surface area contributed by atoms with Gasteiger partial charge in [-0.1, -0.05) is 248 Å². The fraction of sp³-hybridized carbons (Fsp3) is 0. The molecule has 0 N–H and O–H groups in total. The predicted molar refractivity (Wildman–Crippen MR) is 455 cm³/mol. The minimum atomic E-state index is -0.702. The molecular formula is C100H57N7O2S. The molecule has 16 aromatic carbocycles. The van der Waals surface area contributed by atoms with Crippen LogP contribution in [-0.4, -0.2) is 28.7 Å². The highest BCUT2D eigenvalue weighted by Gasteiger charge is 2.34. The van der Waals surface area contributed by atoms with Crippen molar-refractivity contribution in [2.45, 2.75) is 0 Å². The van der Waals surface area contributed by atoms with Crippen LogP contribution >= 0.6 is 11.3 Å². The van der Waals surface area contributed by atoms with Crippen molar-refractivity contribution in [3.8, 4) is 95.7 Å². The highest BCUT2D eigenvalue weighted by Crippen LogP contribution is 2.54. The summed E-state index contributed by atoms with van der Waals surface area (Å²) in [5, 5.41) is 10.4. The van der Waals surface area contributed by atoms with Crippen molar-refractivity contribution in [1.29, 1.82) is 0 Å². The third kappa shape index (κ3) is 9.29. The maximum absolute atomic E-state index is 10.1. The van der Waals surface area contributed by atoms with E-state index in [4.69, 9.17) is 36.9 Å². The maximum atomic E-state index is 10.1. The number of fused-ring (bicyclic) bond motifs is 21. The van der Waals surface area contributed by atoms with Crippen molar-refractivity contribution < 1.29 is 22.5 Å². The van der Waals surface area contributed by atoms with Gasteiger partial charge in [0.1, 0.15) is 22.3 Å². The first kappa shape index (κ1) is 52.2. The van der Waals surface area contributed by atoms with Gasteiger partial charge in [-0.15, -0.1) is 11.3 Å². The minimum absolute atomic E-state index is 0.0518. The zero-order valence-corrected chi connectivity index (χ0v) is 58.8. The van der Waals surface area contributed by atoms with Crippen molar-refractivity contribution >= 4 is 146 Å². The number of thiophene rings is 1. The first-order valence-electron chi connectivity index (χ1n) is 41.1. The molecule has 0 radical (unpaired) electrons. The number of rotatable bonds is 10. The Bertz CT molecular complexity index is 8360. The molecule has 0 spiro atoms. The Labute approximate surface area is 646 Å². The summed E-state index contributed by atoms with van der Waals surface area (Å²) in [6, 6.07) is 90.2. The van der Waals surface area contributed by atoms with Gasteiger partial charge in [-0.2, -0.15) is 0 Å². The van der Waals surface area contributed by atoms with Gasteiger partial charge >= 0.3 is 0 Å². The summed E-state index contributed by atoms with van der Waals surface area (Å²) in [7, 11) is 0. The van der Waals surface area contributed by atoms with E-state index in [0.717, 1.165) is 124 Å². The Morgan fingerprint density at radius 3 is 1.21 bits per heavy atom. The van der Waals surface area contributed by atoms with Gasteiger partial charge in [0, 0.05) is 80.0 Å². The van der Waals surface area contributed by atoms with Gasteiger partial charge in [0.05, 0.1) is 81.2 Å². The highest BCUT2D eigenvalue weighted by atomic mass is 32.1. The number of hydrogen-bond donors (Lipinski definition) is 0. The summed E-state index contributed by atoms with van der Waals surface area (Å²) in [6.07, 6.45) is 0. The molecule has 0 aliphatic carbocycles. The van der Waals surface area contributed by atoms with E-state index >= 15 is 0 Å². The quantitative estimate of drug-likeness (QED) is 0.127. The Kier molecular flexibility index (Phi) is 11.5. The van der Waals surface area contributed by atoms with Crippen LogP contribution in [-0.2, 0) is 0 Å². The molecule has 23 aromatic rings. The van der Waals surface area contributed by atoms with Crippen LogP contribution in [0.15, 0.2) is 354 Å². The average Bonchev–Trinajstić information content (AvgIpc) is 1.51. The Morgan fingerprint density at radius 2 is 0.700 bits per heavy atom. The lowest BCUT2D eigenvalue weighted by Crippen LogP contribution is -2.12. The first-order chi connectivity index (χ1) is 58.7. The van der Waals surface area contributed by atoms with Crippen LogP contribution in [0.3, 0.4) is 0 Å². The molecule has 0 saturated heterocycles. The molecule has 7 heterocycles. The lowest BCUT2D eigenvalue weighted by Gasteiger charge is -2.26. The van der Waals surface area contributed by atoms with Crippen LogP contribution in [0.4, 0.5) is 5.69 Å². The van der Waals surface area contributed by atoms with Crippen LogP contribution in [0.2, 0.25) is 0 Å². The van der Waals surface area contributed by atoms with Crippen molar-refractivity contribution in [3.63, 3.8) is 0 Å². The third-order valence-corrected chi connectivity index (χ3v) is 22.9. The van der Waals surface area contributed by atoms with Crippen LogP contribution in [0.1, 0.15) is 13.7 Å². The van der Waals surface area contributed by atoms with E-state index in [1.54, 1.807) is 17.4 Å². The smallest absolute Gasteiger partial charge is 0.213 e. The molecule has 0 saturated carbocycles. The topological polar surface area (TPSA) is 84.1 Å². The van der Waals surface area contributed by atoms with Gasteiger partial charge < -0.3 is 22.5 Å². The van der Waals surface area contributed by atoms with E-state index < -0.39 is 83.2 Å². The Hall–Kier alpha value is -14.8. The van der Waals surface area contributed by atoms with Gasteiger partial charge in [0.25, 0.3) is 0 Å². The molecule has 110 heavy (non-hydrogen) atoms. The van der Waals surface area contributed by atoms with Crippen molar-refractivity contribution in [3.05, 3.63) is 357 Å². The van der Waals surface area contributed by atoms with Crippen LogP contribution in [0, 0.1) is 6.57 Å². The summed E-state index contributed by atoms with van der Waals surface area (Å²) in [5.41, 5.74) is 14.7. The summed E-state index contributed by atoms with van der Waals surface area (Å²) in [5.74, 6) is -1.24. The number of aromatic nitrogens is 6. The van der Waals surface area contributed by atoms with E-state index in [1.807, 2.05) is 103 Å². The Morgan fingerprint density at radius 1 is 0.300 bits per heavy atom. The normalized spacial score (nSPS) is 13.3. The zero-order chi connectivity index (χ0) is 80.9. The minimum Gasteiger partial charge on any atom is -0.455 e. The fourth-order valence-corrected chi connectivity index (χ4v) is 18.1. The highest BCUT2D eigenvalue weighted by molar-refractivity contribution is 7.26. The second-order valence-corrected chi connectivity index (χ2v) is 28.6. The van der Waals surface area contributed by atoms with Crippen molar-refractivity contribution in [1.82, 2.24) is 28.7 Å². The molecule has 10 heteroatoms. The molecule has 0 unspecified atom stereocenters. The zero-order valence-electron chi connectivity index (χ0n) is 68.0. The lowest BCUT2D eigenvalue weighted by atomic mass is 10.0. The molecule has 0 fully saturated rings. The molecule has 0 bridgehead atoms. The molecule has 0 aliphatic rings. The summed E-state index contributed by atoms with van der Waals surface area (Å²) < 4.78 is 116. The van der Waals surface area contributed by atoms with Crippen molar-refractivity contribution in [2.24, 2.45) is 0 Å². The number of hydrogen-bond acceptors (Lipinski definition) is 6. The second-order valence-electron chi connectivity index (χ2n) is 27.6. The van der Waals surface area contributed by atoms with E-state index in [2.05, 4.69) is 190 Å². The SMILES string of the molecule is [2H]c1c([2H])c([2H])c(-c2nc(-c3cc([N+]#[C-])c(-n4c5ccc(-c6ccccc6)cc5c5c6oc7ccc(-c8ccccc8)cc7c6ccc54)c(-n4c5ccccc5c5c6sc7ccccc7c6ccc54)c3-n3c4ccc(-c5ccccc5)cc4c4c5oc6ccc(-c7ccccc7)cc6c5ccc43)nc(-c3c([2H])c([2H])c([2H])c([2H])c3[2H])n2)c([2H])c1[2H]. The largest absolute Gasteiger partial charge is 0.455 e. The predicted octanol–water partition coefficient (Wildman–Crippen LogP) is 27.5. The summed E-state index contributed by atoms with van der Waals surface area (Å²) in [6.45, 7) is 10.1. The standard InChI is InChI=1S/C100H57N7O2S/c1-101-79-58-78(100-103-98(63-32-16-6-17-33-63)102-99(104-100)64-34-18-7-19-35-64)92(105-81-47-40-65(59-24-8-2-9-25-59)56-76(81)89-83(105)49-44-70-74-54-67(61-28-12-4-13-29-61)42-52-86(74)108-95(70)89)94(107-80-38-22-20-37-73(80)91-85(107)51-46-72-69-36-21-23-39-88(69)110-97(72)91)93(79)106-82-48-41-66(60-26-10-3-11-27-60)57-77(82)90-84(106)50-45-71-75-55-68(62-30-14-5-15-31-62)43-53-87(75)109-96(71)90/h2-58H/i6D,7D,16D,17D,18D,19D,32D,33D,34D,35D. The molecular weight excluding hydrogens is 1360 g/mol. The fourth-order valence-electron chi connectivity index (χ4n) is 16.9. The lowest BCUT2D eigenvalue weighted by molar-refractivity contribution is 0.672. The molecule has 0 amide bonds. The second kappa shape index (κ2) is 24.1. The van der Waals surface area contributed by atoms with Crippen molar-refractivity contribution in [2.75, 3.05) is 0 Å². The maximum Gasteiger partial charge on any atom is 0.213 e. The monoisotopic (exact) mass is 1430 g/mol. The number of nitrogens with zero attached hydrogens (tertiary/aromatic N) is 7. The number of furan rings is 2. The summed E-state index contributed by atoms with van der Waals surface area (Å²) >= 11 is 1.69.